The first-order valence-electron chi connectivity index (χ1n) is 10.7. The molecule has 0 spiro atoms. The highest BCUT2D eigenvalue weighted by Gasteiger charge is 2.05. The van der Waals surface area contributed by atoms with E-state index in [1.807, 2.05) is 49.4 Å². The van der Waals surface area contributed by atoms with Crippen LogP contribution in [-0.4, -0.2) is 45.2 Å². The Kier molecular flexibility index (Phi) is 14.1. The Morgan fingerprint density at radius 2 is 1.84 bits per heavy atom. The lowest BCUT2D eigenvalue weighted by atomic mass is 10.1. The first kappa shape index (κ1) is 27.7. The molecule has 0 bridgehead atoms. The molecule has 0 fully saturated rings. The van der Waals surface area contributed by atoms with E-state index in [0.717, 1.165) is 24.5 Å². The highest BCUT2D eigenvalue weighted by Crippen LogP contribution is 2.16. The third kappa shape index (κ3) is 10.8. The fraction of sp³-hybridized carbons (Fsp3) is 0.417. The number of carbonyl (C=O) groups excluding carboxylic acids is 1. The number of benzene rings is 2. The molecule has 1 atom stereocenters. The van der Waals surface area contributed by atoms with Crippen molar-refractivity contribution in [1.82, 2.24) is 16.0 Å². The second-order valence-electron chi connectivity index (χ2n) is 7.02. The lowest BCUT2D eigenvalue weighted by Gasteiger charge is -2.15. The van der Waals surface area contributed by atoms with Gasteiger partial charge < -0.3 is 25.4 Å². The average molecular weight is 554 g/mol. The number of nitrogens with one attached hydrogen (secondary N) is 3. The van der Waals surface area contributed by atoms with Gasteiger partial charge in [0.2, 0.25) is 0 Å². The van der Waals surface area contributed by atoms with Gasteiger partial charge in [0.15, 0.2) is 12.6 Å². The quantitative estimate of drug-likeness (QED) is 0.162. The second kappa shape index (κ2) is 16.3. The number of guanidine groups is 1. The molecule has 176 valence electrons. The van der Waals surface area contributed by atoms with Crippen molar-refractivity contribution in [1.29, 1.82) is 0 Å². The van der Waals surface area contributed by atoms with Gasteiger partial charge in [0.25, 0.3) is 5.91 Å². The van der Waals surface area contributed by atoms with Crippen molar-refractivity contribution in [2.24, 2.45) is 4.99 Å². The van der Waals surface area contributed by atoms with E-state index in [-0.39, 0.29) is 42.6 Å². The third-order valence-electron chi connectivity index (χ3n) is 4.58. The van der Waals surface area contributed by atoms with E-state index in [1.54, 1.807) is 7.05 Å². The number of nitrogens with zero attached hydrogens (tertiary/aromatic N) is 1. The predicted octanol–water partition coefficient (Wildman–Crippen LogP) is 3.65. The molecule has 8 heteroatoms. The lowest BCUT2D eigenvalue weighted by Crippen LogP contribution is -2.37. The Morgan fingerprint density at radius 1 is 1.06 bits per heavy atom. The van der Waals surface area contributed by atoms with E-state index >= 15 is 0 Å². The maximum Gasteiger partial charge on any atom is 0.257 e. The van der Waals surface area contributed by atoms with Crippen LogP contribution in [-0.2, 0) is 16.1 Å². The van der Waals surface area contributed by atoms with Crippen LogP contribution in [0.2, 0.25) is 0 Å². The molecule has 7 nitrogen and oxygen atoms in total. The smallest absolute Gasteiger partial charge is 0.257 e. The SMILES string of the molecule is CCNC(=O)COc1cccc(CNC(=NC)NCCCOC(C)c2ccccc2)c1.I. The van der Waals surface area contributed by atoms with Crippen molar-refractivity contribution in [2.75, 3.05) is 33.4 Å². The Bertz CT molecular complexity index is 818. The molecular formula is C24H35IN4O3. The standard InChI is InChI=1S/C24H34N4O3.HI/c1-4-26-23(29)18-31-22-13-8-10-20(16-22)17-28-24(25-3)27-14-9-15-30-19(2)21-11-6-5-7-12-21;/h5-8,10-13,16,19H,4,9,14-15,17-18H2,1-3H3,(H,26,29)(H2,25,27,28);1H. The van der Waals surface area contributed by atoms with Crippen LogP contribution in [0.1, 0.15) is 37.5 Å². The van der Waals surface area contributed by atoms with Gasteiger partial charge in [-0.2, -0.15) is 0 Å². The monoisotopic (exact) mass is 554 g/mol. The molecule has 0 saturated carbocycles. The molecular weight excluding hydrogens is 519 g/mol. The number of hydrogen-bond donors (Lipinski definition) is 3. The Morgan fingerprint density at radius 3 is 2.56 bits per heavy atom. The molecule has 2 rings (SSSR count). The number of rotatable bonds is 12. The normalized spacial score (nSPS) is 11.8. The average Bonchev–Trinajstić information content (AvgIpc) is 2.80. The van der Waals surface area contributed by atoms with Crippen LogP contribution in [0.3, 0.4) is 0 Å². The molecule has 0 saturated heterocycles. The predicted molar refractivity (Wildman–Crippen MR) is 140 cm³/mol. The van der Waals surface area contributed by atoms with Crippen molar-refractivity contribution < 1.29 is 14.3 Å². The first-order valence-corrected chi connectivity index (χ1v) is 10.7. The Hall–Kier alpha value is -2.33. The minimum Gasteiger partial charge on any atom is -0.484 e. The summed E-state index contributed by atoms with van der Waals surface area (Å²) in [6.45, 7) is 6.58. The van der Waals surface area contributed by atoms with Crippen LogP contribution in [0.5, 0.6) is 5.75 Å². The minimum absolute atomic E-state index is 0. The molecule has 1 amide bonds. The molecule has 0 aromatic heterocycles. The van der Waals surface area contributed by atoms with Crippen molar-refractivity contribution in [3.63, 3.8) is 0 Å². The zero-order valence-corrected chi connectivity index (χ0v) is 21.4. The molecule has 0 heterocycles. The van der Waals surface area contributed by atoms with Gasteiger partial charge in [0, 0.05) is 33.3 Å². The van der Waals surface area contributed by atoms with Crippen LogP contribution >= 0.6 is 24.0 Å². The zero-order chi connectivity index (χ0) is 22.3. The summed E-state index contributed by atoms with van der Waals surface area (Å²) in [5.41, 5.74) is 2.22. The van der Waals surface area contributed by atoms with Gasteiger partial charge in [-0.15, -0.1) is 24.0 Å². The van der Waals surface area contributed by atoms with Gasteiger partial charge >= 0.3 is 0 Å². The number of carbonyl (C=O) groups is 1. The van der Waals surface area contributed by atoms with E-state index in [9.17, 15) is 4.79 Å². The van der Waals surface area contributed by atoms with E-state index in [0.29, 0.717) is 25.4 Å². The Labute approximate surface area is 208 Å². The summed E-state index contributed by atoms with van der Waals surface area (Å²) in [6.07, 6.45) is 0.960. The summed E-state index contributed by atoms with van der Waals surface area (Å²) in [7, 11) is 1.75. The van der Waals surface area contributed by atoms with Crippen LogP contribution < -0.4 is 20.7 Å². The summed E-state index contributed by atoms with van der Waals surface area (Å²) < 4.78 is 11.4. The molecule has 0 radical (unpaired) electrons. The van der Waals surface area contributed by atoms with Crippen LogP contribution in [0.25, 0.3) is 0 Å². The summed E-state index contributed by atoms with van der Waals surface area (Å²) in [5, 5.41) is 9.30. The van der Waals surface area contributed by atoms with Crippen molar-refractivity contribution in [2.45, 2.75) is 32.9 Å². The third-order valence-corrected chi connectivity index (χ3v) is 4.58. The summed E-state index contributed by atoms with van der Waals surface area (Å²) in [4.78, 5) is 15.8. The van der Waals surface area contributed by atoms with E-state index in [1.165, 1.54) is 5.56 Å². The number of hydrogen-bond acceptors (Lipinski definition) is 4. The number of ether oxygens (including phenoxy) is 2. The maximum atomic E-state index is 11.5. The Balaban J connectivity index is 0.00000512. The number of aliphatic imine (C=N–C) groups is 1. The van der Waals surface area contributed by atoms with Crippen LogP contribution in [0.15, 0.2) is 59.6 Å². The van der Waals surface area contributed by atoms with Gasteiger partial charge in [-0.05, 0) is 43.5 Å². The van der Waals surface area contributed by atoms with Gasteiger partial charge in [-0.1, -0.05) is 42.5 Å². The van der Waals surface area contributed by atoms with Crippen LogP contribution in [0, 0.1) is 0 Å². The minimum atomic E-state index is -0.127. The summed E-state index contributed by atoms with van der Waals surface area (Å²) in [6, 6.07) is 17.9. The lowest BCUT2D eigenvalue weighted by molar-refractivity contribution is -0.122. The van der Waals surface area contributed by atoms with E-state index in [2.05, 4.69) is 40.0 Å². The molecule has 0 aliphatic rings. The van der Waals surface area contributed by atoms with Gasteiger partial charge in [0.05, 0.1) is 6.10 Å². The fourth-order valence-corrected chi connectivity index (χ4v) is 2.91. The van der Waals surface area contributed by atoms with Gasteiger partial charge in [-0.25, -0.2) is 0 Å². The number of likely N-dealkylation sites (N-methyl/N-ethyl adjacent to an activating group) is 1. The van der Waals surface area contributed by atoms with Crippen LogP contribution in [0.4, 0.5) is 0 Å². The molecule has 0 aliphatic heterocycles. The topological polar surface area (TPSA) is 84.0 Å². The molecule has 2 aromatic rings. The van der Waals surface area contributed by atoms with Gasteiger partial charge in [0.1, 0.15) is 5.75 Å². The molecule has 0 aliphatic carbocycles. The highest BCUT2D eigenvalue weighted by atomic mass is 127. The molecule has 3 N–H and O–H groups in total. The zero-order valence-electron chi connectivity index (χ0n) is 19.1. The molecule has 1 unspecified atom stereocenters. The summed E-state index contributed by atoms with van der Waals surface area (Å²) >= 11 is 0. The van der Waals surface area contributed by atoms with Crippen molar-refractivity contribution in [3.05, 3.63) is 65.7 Å². The van der Waals surface area contributed by atoms with Crippen molar-refractivity contribution in [3.8, 4) is 5.75 Å². The number of amides is 1. The van der Waals surface area contributed by atoms with Gasteiger partial charge in [-0.3, -0.25) is 9.79 Å². The van der Waals surface area contributed by atoms with E-state index < -0.39 is 0 Å². The largest absolute Gasteiger partial charge is 0.484 e. The maximum absolute atomic E-state index is 11.5. The molecule has 2 aromatic carbocycles. The highest BCUT2D eigenvalue weighted by molar-refractivity contribution is 14.0. The summed E-state index contributed by atoms with van der Waals surface area (Å²) in [5.74, 6) is 1.26. The molecule has 32 heavy (non-hydrogen) atoms. The van der Waals surface area contributed by atoms with Crippen molar-refractivity contribution >= 4 is 35.8 Å². The fourth-order valence-electron chi connectivity index (χ4n) is 2.91. The number of halogens is 1. The van der Waals surface area contributed by atoms with E-state index in [4.69, 9.17) is 9.47 Å². The second-order valence-corrected chi connectivity index (χ2v) is 7.02. The first-order chi connectivity index (χ1) is 15.1.